The van der Waals surface area contributed by atoms with Gasteiger partial charge in [0.15, 0.2) is 0 Å². The fourth-order valence-corrected chi connectivity index (χ4v) is 6.26. The van der Waals surface area contributed by atoms with E-state index in [2.05, 4.69) is 37.5 Å². The summed E-state index contributed by atoms with van der Waals surface area (Å²) in [4.78, 5) is 7.12. The van der Waals surface area contributed by atoms with Gasteiger partial charge in [-0.3, -0.25) is 9.58 Å². The highest BCUT2D eigenvalue weighted by atomic mass is 35.5. The molecule has 2 bridgehead atoms. The molecule has 2 aliphatic rings. The Kier molecular flexibility index (Phi) is 6.62. The van der Waals surface area contributed by atoms with Gasteiger partial charge >= 0.3 is 0 Å². The maximum absolute atomic E-state index is 9.73. The molecule has 4 aromatic rings. The number of hydrogen-bond donors (Lipinski definition) is 3. The molecule has 0 spiro atoms. The molecular formula is C28H30ClN9O. The number of aromatic nitrogens is 4. The van der Waals surface area contributed by atoms with Gasteiger partial charge in [0.2, 0.25) is 0 Å². The van der Waals surface area contributed by atoms with Gasteiger partial charge in [-0.15, -0.1) is 0 Å². The summed E-state index contributed by atoms with van der Waals surface area (Å²) in [6, 6.07) is 10.2. The van der Waals surface area contributed by atoms with Crippen molar-refractivity contribution in [1.29, 1.82) is 5.26 Å². The predicted molar refractivity (Wildman–Crippen MR) is 151 cm³/mol. The molecule has 2 saturated heterocycles. The number of aryl methyl sites for hydroxylation is 1. The van der Waals surface area contributed by atoms with Crippen molar-refractivity contribution < 1.29 is 5.11 Å². The van der Waals surface area contributed by atoms with Gasteiger partial charge in [-0.2, -0.15) is 15.5 Å². The number of aliphatic imine (C=N–C) groups is 1. The lowest BCUT2D eigenvalue weighted by molar-refractivity contribution is 0.136. The van der Waals surface area contributed by atoms with E-state index >= 15 is 0 Å². The highest BCUT2D eigenvalue weighted by molar-refractivity contribution is 6.33. The van der Waals surface area contributed by atoms with Crippen LogP contribution >= 0.6 is 11.6 Å². The predicted octanol–water partition coefficient (Wildman–Crippen LogP) is 4.45. The van der Waals surface area contributed by atoms with Crippen LogP contribution in [0.1, 0.15) is 37.7 Å². The van der Waals surface area contributed by atoms with Gasteiger partial charge in [0.25, 0.3) is 0 Å². The number of nitriles is 1. The molecular weight excluding hydrogens is 514 g/mol. The molecule has 0 amide bonds. The zero-order valence-electron chi connectivity index (χ0n) is 21.6. The molecule has 0 radical (unpaired) electrons. The van der Waals surface area contributed by atoms with Crippen molar-refractivity contribution in [3.63, 3.8) is 0 Å². The minimum Gasteiger partial charge on any atom is -0.508 e. The number of nitrogens with two attached hydrogens (primary N) is 1. The van der Waals surface area contributed by atoms with Gasteiger partial charge in [0.05, 0.1) is 45.9 Å². The third-order valence-electron chi connectivity index (χ3n) is 7.84. The first kappa shape index (κ1) is 25.2. The lowest BCUT2D eigenvalue weighted by Crippen LogP contribution is -2.47. The zero-order chi connectivity index (χ0) is 27.1. The van der Waals surface area contributed by atoms with Crippen LogP contribution in [-0.2, 0) is 7.05 Å². The molecule has 2 aliphatic heterocycles. The van der Waals surface area contributed by atoms with Gasteiger partial charge < -0.3 is 16.2 Å². The van der Waals surface area contributed by atoms with Crippen molar-refractivity contribution in [3.05, 3.63) is 59.6 Å². The Labute approximate surface area is 231 Å². The van der Waals surface area contributed by atoms with Gasteiger partial charge in [-0.25, -0.2) is 9.51 Å². The molecule has 11 heteroatoms. The average Bonchev–Trinajstić information content (AvgIpc) is 3.60. The third-order valence-corrected chi connectivity index (χ3v) is 8.14. The molecule has 6 rings (SSSR count). The number of piperidine rings is 1. The van der Waals surface area contributed by atoms with E-state index in [0.29, 0.717) is 34.8 Å². The highest BCUT2D eigenvalue weighted by Crippen LogP contribution is 2.38. The smallest absolute Gasteiger partial charge is 0.135 e. The molecule has 1 unspecified atom stereocenters. The minimum atomic E-state index is 0.0647. The number of benzene rings is 1. The number of fused-ring (bicyclic) bond motifs is 3. The Bertz CT molecular complexity index is 1590. The molecule has 0 aliphatic carbocycles. The number of phenols is 1. The van der Waals surface area contributed by atoms with Crippen LogP contribution in [0.25, 0.3) is 16.6 Å². The summed E-state index contributed by atoms with van der Waals surface area (Å²) in [5.74, 6) is 0.341. The number of rotatable bonds is 7. The van der Waals surface area contributed by atoms with Gasteiger partial charge in [-0.1, -0.05) is 11.6 Å². The molecule has 4 N–H and O–H groups in total. The Balaban J connectivity index is 1.39. The molecule has 1 aromatic carbocycles. The van der Waals surface area contributed by atoms with Crippen molar-refractivity contribution in [1.82, 2.24) is 24.3 Å². The lowest BCUT2D eigenvalue weighted by Gasteiger charge is -2.39. The first-order valence-electron chi connectivity index (χ1n) is 13.1. The fraction of sp³-hybridized carbons (Fsp3) is 0.357. The first-order chi connectivity index (χ1) is 18.9. The topological polar surface area (TPSA) is 133 Å². The number of anilines is 1. The lowest BCUT2D eigenvalue weighted by atomic mass is 9.96. The van der Waals surface area contributed by atoms with Gasteiger partial charge in [-0.05, 0) is 43.9 Å². The monoisotopic (exact) mass is 543 g/mol. The van der Waals surface area contributed by atoms with Crippen LogP contribution < -0.4 is 11.1 Å². The number of aromatic hydroxyl groups is 1. The minimum absolute atomic E-state index is 0.0647. The standard InChI is InChI=1S/C28H30ClN9O/c1-36-15-18(13-32-36)17-9-26-27(34-19-10-20-3-4-21(11-19)37(20)8-2-7-30)23(14-33-38(26)16-17)28(31)35-25-6-5-22(39)12-24(25)29/h5-6,9,12-16,19-21,34,39H,2-4,8,10-11H2,1H3,(H2,31,35)/t19?,20-,21+. The zero-order valence-corrected chi connectivity index (χ0v) is 22.4. The largest absolute Gasteiger partial charge is 0.508 e. The van der Waals surface area contributed by atoms with E-state index in [1.54, 1.807) is 16.9 Å². The highest BCUT2D eigenvalue weighted by Gasteiger charge is 2.40. The third kappa shape index (κ3) is 4.91. The summed E-state index contributed by atoms with van der Waals surface area (Å²) in [7, 11) is 1.89. The molecule has 10 nitrogen and oxygen atoms in total. The van der Waals surface area contributed by atoms with Crippen LogP contribution in [0.2, 0.25) is 5.02 Å². The Hall–Kier alpha value is -4.07. The van der Waals surface area contributed by atoms with E-state index in [1.807, 2.05) is 30.2 Å². The number of amidine groups is 1. The van der Waals surface area contributed by atoms with E-state index in [0.717, 1.165) is 54.6 Å². The second-order valence-electron chi connectivity index (χ2n) is 10.4. The molecule has 39 heavy (non-hydrogen) atoms. The Morgan fingerprint density at radius 2 is 1.97 bits per heavy atom. The molecule has 3 aromatic heterocycles. The van der Waals surface area contributed by atoms with Crippen molar-refractivity contribution in [3.8, 4) is 22.9 Å². The van der Waals surface area contributed by atoms with Crippen molar-refractivity contribution >= 4 is 34.3 Å². The number of phenolic OH excluding ortho intramolecular Hbond substituents is 1. The van der Waals surface area contributed by atoms with Crippen LogP contribution in [-0.4, -0.2) is 59.9 Å². The van der Waals surface area contributed by atoms with Crippen LogP contribution in [0, 0.1) is 11.3 Å². The summed E-state index contributed by atoms with van der Waals surface area (Å²) >= 11 is 6.32. The van der Waals surface area contributed by atoms with Crippen LogP contribution in [0.15, 0.2) is 54.0 Å². The summed E-state index contributed by atoms with van der Waals surface area (Å²) in [6.07, 6.45) is 12.4. The number of halogens is 1. The van der Waals surface area contributed by atoms with Gasteiger partial charge in [0, 0.05) is 67.7 Å². The molecule has 0 saturated carbocycles. The summed E-state index contributed by atoms with van der Waals surface area (Å²) < 4.78 is 3.63. The fourth-order valence-electron chi connectivity index (χ4n) is 6.05. The molecule has 3 atom stereocenters. The van der Waals surface area contributed by atoms with E-state index < -0.39 is 0 Å². The number of hydrogen-bond acceptors (Lipinski definition) is 7. The maximum Gasteiger partial charge on any atom is 0.135 e. The molecule has 2 fully saturated rings. The van der Waals surface area contributed by atoms with Crippen molar-refractivity contribution in [2.75, 3.05) is 11.9 Å². The number of nitrogens with zero attached hydrogens (tertiary/aromatic N) is 7. The van der Waals surface area contributed by atoms with Crippen molar-refractivity contribution in [2.45, 2.75) is 50.2 Å². The van der Waals surface area contributed by atoms with E-state index in [4.69, 9.17) is 22.6 Å². The summed E-state index contributed by atoms with van der Waals surface area (Å²) in [6.45, 7) is 0.837. The van der Waals surface area contributed by atoms with E-state index in [1.165, 1.54) is 12.1 Å². The number of nitrogens with one attached hydrogen (secondary N) is 1. The first-order valence-corrected chi connectivity index (χ1v) is 13.5. The van der Waals surface area contributed by atoms with Crippen LogP contribution in [0.3, 0.4) is 0 Å². The summed E-state index contributed by atoms with van der Waals surface area (Å²) in [5.41, 5.74) is 11.5. The van der Waals surface area contributed by atoms with E-state index in [9.17, 15) is 5.11 Å². The van der Waals surface area contributed by atoms with Crippen LogP contribution in [0.5, 0.6) is 5.75 Å². The quantitative estimate of drug-likeness (QED) is 0.231. The Morgan fingerprint density at radius 1 is 1.18 bits per heavy atom. The molecule has 200 valence electrons. The summed E-state index contributed by atoms with van der Waals surface area (Å²) in [5, 5.41) is 31.9. The van der Waals surface area contributed by atoms with Gasteiger partial charge in [0.1, 0.15) is 11.6 Å². The second kappa shape index (κ2) is 10.2. The SMILES string of the molecule is Cn1cc(-c2cc3c(NC4C[C@H]5CC[C@@H](C4)N5CCC#N)c(C(N)=Nc4ccc(O)cc4Cl)cnn3c2)cn1. The maximum atomic E-state index is 9.73. The Morgan fingerprint density at radius 3 is 2.67 bits per heavy atom. The van der Waals surface area contributed by atoms with E-state index in [-0.39, 0.29) is 17.6 Å². The van der Waals surface area contributed by atoms with Crippen LogP contribution in [0.4, 0.5) is 11.4 Å². The van der Waals surface area contributed by atoms with Crippen molar-refractivity contribution in [2.24, 2.45) is 17.8 Å². The normalized spacial score (nSPS) is 21.4. The second-order valence-corrected chi connectivity index (χ2v) is 10.8. The average molecular weight is 544 g/mol. The molecule has 5 heterocycles.